The second-order valence-electron chi connectivity index (χ2n) is 7.17. The highest BCUT2D eigenvalue weighted by Crippen LogP contribution is 2.24. The third-order valence-corrected chi connectivity index (χ3v) is 4.07. The Bertz CT molecular complexity index is 713. The van der Waals surface area contributed by atoms with Crippen LogP contribution in [0.1, 0.15) is 33.6 Å². The second-order valence-corrected chi connectivity index (χ2v) is 7.17. The first-order valence-corrected chi connectivity index (χ1v) is 8.34. The lowest BCUT2D eigenvalue weighted by molar-refractivity contribution is 0.0210. The van der Waals surface area contributed by atoms with Crippen molar-refractivity contribution in [2.24, 2.45) is 0 Å². The number of likely N-dealkylation sites (tertiary alicyclic amines) is 1. The fourth-order valence-corrected chi connectivity index (χ4v) is 2.87. The van der Waals surface area contributed by atoms with Crippen LogP contribution in [0.3, 0.4) is 0 Å². The van der Waals surface area contributed by atoms with Gasteiger partial charge in [0.15, 0.2) is 0 Å². The molecular formula is C18H24N4O2. The highest BCUT2D eigenvalue weighted by atomic mass is 16.6. The van der Waals surface area contributed by atoms with Crippen molar-refractivity contribution in [1.82, 2.24) is 14.9 Å². The fraction of sp³-hybridized carbons (Fsp3) is 0.500. The van der Waals surface area contributed by atoms with E-state index in [4.69, 9.17) is 4.74 Å². The van der Waals surface area contributed by atoms with E-state index in [0.29, 0.717) is 19.1 Å². The number of rotatable bonds is 2. The molecule has 6 nitrogen and oxygen atoms in total. The molecule has 0 saturated carbocycles. The van der Waals surface area contributed by atoms with Crippen LogP contribution in [-0.4, -0.2) is 45.7 Å². The molecule has 6 heteroatoms. The summed E-state index contributed by atoms with van der Waals surface area (Å²) in [4.78, 5) is 22.4. The standard InChI is InChI=1S/C18H24N4O2/c1-18(2,3)24-17(23)22-8-5-14(6-9-22)21-16-12-20-10-13-4-7-19-11-15(13)16/h4,7,10-12,14,21H,5-6,8-9H2,1-3H3. The van der Waals surface area contributed by atoms with Crippen molar-refractivity contribution in [2.45, 2.75) is 45.3 Å². The van der Waals surface area contributed by atoms with Crippen molar-refractivity contribution < 1.29 is 9.53 Å². The molecule has 2 aromatic heterocycles. The molecule has 3 heterocycles. The lowest BCUT2D eigenvalue weighted by Gasteiger charge is -2.34. The molecule has 0 aliphatic carbocycles. The first-order valence-electron chi connectivity index (χ1n) is 8.34. The van der Waals surface area contributed by atoms with Crippen molar-refractivity contribution in [3.05, 3.63) is 30.9 Å². The molecule has 1 aliphatic heterocycles. The summed E-state index contributed by atoms with van der Waals surface area (Å²) in [7, 11) is 0. The Morgan fingerprint density at radius 2 is 1.96 bits per heavy atom. The Balaban J connectivity index is 1.60. The van der Waals surface area contributed by atoms with Crippen LogP contribution < -0.4 is 5.32 Å². The van der Waals surface area contributed by atoms with Gasteiger partial charge in [0.05, 0.1) is 11.9 Å². The average Bonchev–Trinajstić information content (AvgIpc) is 2.54. The van der Waals surface area contributed by atoms with E-state index in [1.165, 1.54) is 0 Å². The van der Waals surface area contributed by atoms with Gasteiger partial charge >= 0.3 is 6.09 Å². The van der Waals surface area contributed by atoms with Crippen LogP contribution in [0.25, 0.3) is 10.8 Å². The molecule has 0 unspecified atom stereocenters. The molecule has 0 spiro atoms. The number of piperidine rings is 1. The molecule has 1 amide bonds. The van der Waals surface area contributed by atoms with Crippen LogP contribution in [0.5, 0.6) is 0 Å². The monoisotopic (exact) mass is 328 g/mol. The summed E-state index contributed by atoms with van der Waals surface area (Å²) in [5.74, 6) is 0. The topological polar surface area (TPSA) is 67.3 Å². The SMILES string of the molecule is CC(C)(C)OC(=O)N1CCC(Nc2cncc3ccncc23)CC1. The number of hydrogen-bond acceptors (Lipinski definition) is 5. The van der Waals surface area contributed by atoms with E-state index in [-0.39, 0.29) is 6.09 Å². The maximum Gasteiger partial charge on any atom is 0.410 e. The van der Waals surface area contributed by atoms with E-state index in [0.717, 1.165) is 29.3 Å². The number of aromatic nitrogens is 2. The number of ether oxygens (including phenoxy) is 1. The number of nitrogens with zero attached hydrogens (tertiary/aromatic N) is 3. The molecule has 1 aliphatic rings. The lowest BCUT2D eigenvalue weighted by atomic mass is 10.0. The number of pyridine rings is 2. The van der Waals surface area contributed by atoms with Crippen molar-refractivity contribution in [2.75, 3.05) is 18.4 Å². The van der Waals surface area contributed by atoms with Gasteiger partial charge in [0.25, 0.3) is 0 Å². The molecule has 24 heavy (non-hydrogen) atoms. The Morgan fingerprint density at radius 1 is 1.21 bits per heavy atom. The maximum absolute atomic E-state index is 12.1. The number of anilines is 1. The molecule has 0 bridgehead atoms. The van der Waals surface area contributed by atoms with Gasteiger partial charge in [0, 0.05) is 48.5 Å². The summed E-state index contributed by atoms with van der Waals surface area (Å²) in [6.45, 7) is 7.06. The molecule has 0 radical (unpaired) electrons. The summed E-state index contributed by atoms with van der Waals surface area (Å²) in [6, 6.07) is 2.27. The summed E-state index contributed by atoms with van der Waals surface area (Å²) >= 11 is 0. The minimum atomic E-state index is -0.451. The zero-order valence-corrected chi connectivity index (χ0v) is 14.5. The average molecular weight is 328 g/mol. The largest absolute Gasteiger partial charge is 0.444 e. The summed E-state index contributed by atoms with van der Waals surface area (Å²) in [5, 5.41) is 5.69. The molecule has 1 saturated heterocycles. The van der Waals surface area contributed by atoms with E-state index >= 15 is 0 Å². The molecule has 2 aromatic rings. The number of carbonyl (C=O) groups excluding carboxylic acids is 1. The Kier molecular flexibility index (Phi) is 4.55. The van der Waals surface area contributed by atoms with E-state index in [1.807, 2.05) is 45.4 Å². The van der Waals surface area contributed by atoms with Gasteiger partial charge in [-0.3, -0.25) is 9.97 Å². The molecule has 1 fully saturated rings. The number of fused-ring (bicyclic) bond motifs is 1. The minimum absolute atomic E-state index is 0.225. The second kappa shape index (κ2) is 6.63. The highest BCUT2D eigenvalue weighted by Gasteiger charge is 2.26. The minimum Gasteiger partial charge on any atom is -0.444 e. The number of carbonyl (C=O) groups is 1. The van der Waals surface area contributed by atoms with Crippen LogP contribution >= 0.6 is 0 Å². The Hall–Kier alpha value is -2.37. The van der Waals surface area contributed by atoms with Crippen LogP contribution in [0, 0.1) is 0 Å². The van der Waals surface area contributed by atoms with E-state index in [2.05, 4.69) is 15.3 Å². The first-order chi connectivity index (χ1) is 11.4. The van der Waals surface area contributed by atoms with Gasteiger partial charge < -0.3 is 15.0 Å². The van der Waals surface area contributed by atoms with Gasteiger partial charge in [-0.05, 0) is 39.7 Å². The van der Waals surface area contributed by atoms with E-state index in [9.17, 15) is 4.79 Å². The van der Waals surface area contributed by atoms with Gasteiger partial charge in [-0.2, -0.15) is 0 Å². The zero-order chi connectivity index (χ0) is 17.2. The highest BCUT2D eigenvalue weighted by molar-refractivity contribution is 5.92. The van der Waals surface area contributed by atoms with Crippen LogP contribution in [0.15, 0.2) is 30.9 Å². The lowest BCUT2D eigenvalue weighted by Crippen LogP contribution is -2.44. The van der Waals surface area contributed by atoms with Crippen molar-refractivity contribution in [1.29, 1.82) is 0 Å². The fourth-order valence-electron chi connectivity index (χ4n) is 2.87. The third-order valence-electron chi connectivity index (χ3n) is 4.07. The van der Waals surface area contributed by atoms with Gasteiger partial charge in [-0.15, -0.1) is 0 Å². The predicted molar refractivity (Wildman–Crippen MR) is 94.0 cm³/mol. The van der Waals surface area contributed by atoms with E-state index < -0.39 is 5.60 Å². The van der Waals surface area contributed by atoms with Crippen LogP contribution in [-0.2, 0) is 4.74 Å². The molecule has 0 aromatic carbocycles. The van der Waals surface area contributed by atoms with E-state index in [1.54, 1.807) is 11.1 Å². The van der Waals surface area contributed by atoms with Crippen LogP contribution in [0.2, 0.25) is 0 Å². The number of hydrogen-bond donors (Lipinski definition) is 1. The normalized spacial score (nSPS) is 16.2. The predicted octanol–water partition coefficient (Wildman–Crippen LogP) is 3.44. The summed E-state index contributed by atoms with van der Waals surface area (Å²) in [6.07, 6.45) is 8.85. The summed E-state index contributed by atoms with van der Waals surface area (Å²) in [5.41, 5.74) is 0.546. The number of amides is 1. The van der Waals surface area contributed by atoms with Crippen molar-refractivity contribution in [3.8, 4) is 0 Å². The van der Waals surface area contributed by atoms with Gasteiger partial charge in [-0.25, -0.2) is 4.79 Å². The molecule has 1 N–H and O–H groups in total. The molecular weight excluding hydrogens is 304 g/mol. The number of nitrogens with one attached hydrogen (secondary N) is 1. The van der Waals surface area contributed by atoms with Gasteiger partial charge in [0.2, 0.25) is 0 Å². The van der Waals surface area contributed by atoms with Crippen molar-refractivity contribution >= 4 is 22.6 Å². The summed E-state index contributed by atoms with van der Waals surface area (Å²) < 4.78 is 5.44. The molecule has 0 atom stereocenters. The van der Waals surface area contributed by atoms with Crippen molar-refractivity contribution in [3.63, 3.8) is 0 Å². The molecule has 3 rings (SSSR count). The zero-order valence-electron chi connectivity index (χ0n) is 14.5. The van der Waals surface area contributed by atoms with Gasteiger partial charge in [-0.1, -0.05) is 0 Å². The first kappa shape index (κ1) is 16.5. The maximum atomic E-state index is 12.1. The van der Waals surface area contributed by atoms with Gasteiger partial charge in [0.1, 0.15) is 5.60 Å². The molecule has 128 valence electrons. The van der Waals surface area contributed by atoms with Crippen LogP contribution in [0.4, 0.5) is 10.5 Å². The third kappa shape index (κ3) is 3.93. The quantitative estimate of drug-likeness (QED) is 0.914. The Morgan fingerprint density at radius 3 is 2.67 bits per heavy atom. The Labute approximate surface area is 142 Å². The smallest absolute Gasteiger partial charge is 0.410 e.